The Labute approximate surface area is 106 Å². The van der Waals surface area contributed by atoms with Gasteiger partial charge in [0, 0.05) is 18.1 Å². The molecule has 1 aromatic rings. The van der Waals surface area contributed by atoms with Gasteiger partial charge in [-0.05, 0) is 24.2 Å². The number of esters is 1. The average Bonchev–Trinajstić information content (AvgIpc) is 2.31. The Bertz CT molecular complexity index is 396. The molecule has 0 aliphatic rings. The number of rotatable bonds is 5. The number of methoxy groups -OCH3 is 1. The number of hydrogen-bond donors (Lipinski definition) is 1. The summed E-state index contributed by atoms with van der Waals surface area (Å²) in [6.45, 7) is 1.31. The van der Waals surface area contributed by atoms with Gasteiger partial charge in [0.1, 0.15) is 0 Å². The van der Waals surface area contributed by atoms with Gasteiger partial charge in [-0.2, -0.15) is 0 Å². The molecule has 0 atom stereocenters. The Morgan fingerprint density at radius 2 is 2.24 bits per heavy atom. The molecule has 1 rings (SSSR count). The van der Waals surface area contributed by atoms with Gasteiger partial charge in [-0.3, -0.25) is 9.69 Å². The fourth-order valence-electron chi connectivity index (χ4n) is 1.48. The standard InChI is InChI=1S/C12H17ClN2O2/c1-15(8-12(16)17-2)7-10-4-3-9(6-14)5-11(10)13/h3-5H,6-8,14H2,1-2H3. The molecule has 0 spiro atoms. The molecule has 0 aromatic heterocycles. The fraction of sp³-hybridized carbons (Fsp3) is 0.417. The lowest BCUT2D eigenvalue weighted by atomic mass is 10.1. The first-order valence-corrected chi connectivity index (χ1v) is 5.67. The first-order valence-electron chi connectivity index (χ1n) is 5.29. The van der Waals surface area contributed by atoms with Gasteiger partial charge in [0.25, 0.3) is 0 Å². The van der Waals surface area contributed by atoms with E-state index in [9.17, 15) is 4.79 Å². The second kappa shape index (κ2) is 6.59. The minimum atomic E-state index is -0.262. The predicted octanol–water partition coefficient (Wildman–Crippen LogP) is 1.40. The molecule has 0 aliphatic heterocycles. The smallest absolute Gasteiger partial charge is 0.319 e. The van der Waals surface area contributed by atoms with E-state index in [2.05, 4.69) is 4.74 Å². The van der Waals surface area contributed by atoms with E-state index in [1.54, 1.807) is 0 Å². The third kappa shape index (κ3) is 4.34. The Morgan fingerprint density at radius 3 is 2.76 bits per heavy atom. The van der Waals surface area contributed by atoms with Gasteiger partial charge in [-0.1, -0.05) is 23.7 Å². The van der Waals surface area contributed by atoms with Crippen LogP contribution in [0, 0.1) is 0 Å². The van der Waals surface area contributed by atoms with E-state index < -0.39 is 0 Å². The van der Waals surface area contributed by atoms with Crippen LogP contribution in [0.15, 0.2) is 18.2 Å². The molecule has 0 radical (unpaired) electrons. The van der Waals surface area contributed by atoms with Gasteiger partial charge in [0.15, 0.2) is 0 Å². The second-order valence-corrected chi connectivity index (χ2v) is 4.29. The molecule has 0 unspecified atom stereocenters. The molecule has 0 saturated heterocycles. The zero-order valence-corrected chi connectivity index (χ0v) is 10.8. The van der Waals surface area contributed by atoms with Crippen LogP contribution in [-0.2, 0) is 22.6 Å². The summed E-state index contributed by atoms with van der Waals surface area (Å²) in [5.74, 6) is -0.262. The number of ether oxygens (including phenoxy) is 1. The van der Waals surface area contributed by atoms with E-state index in [1.807, 2.05) is 30.1 Å². The highest BCUT2D eigenvalue weighted by Crippen LogP contribution is 2.19. The lowest BCUT2D eigenvalue weighted by Crippen LogP contribution is -2.26. The van der Waals surface area contributed by atoms with Crippen LogP contribution >= 0.6 is 11.6 Å². The van der Waals surface area contributed by atoms with E-state index in [-0.39, 0.29) is 12.5 Å². The summed E-state index contributed by atoms with van der Waals surface area (Å²) in [6.07, 6.45) is 0. The average molecular weight is 257 g/mol. The summed E-state index contributed by atoms with van der Waals surface area (Å²) >= 11 is 6.12. The molecule has 0 amide bonds. The first-order chi connectivity index (χ1) is 8.06. The second-order valence-electron chi connectivity index (χ2n) is 3.88. The van der Waals surface area contributed by atoms with Crippen molar-refractivity contribution in [3.63, 3.8) is 0 Å². The van der Waals surface area contributed by atoms with E-state index >= 15 is 0 Å². The highest BCUT2D eigenvalue weighted by molar-refractivity contribution is 6.31. The lowest BCUT2D eigenvalue weighted by Gasteiger charge is -2.16. The van der Waals surface area contributed by atoms with Gasteiger partial charge in [-0.15, -0.1) is 0 Å². The molecule has 0 fully saturated rings. The predicted molar refractivity (Wildman–Crippen MR) is 67.7 cm³/mol. The highest BCUT2D eigenvalue weighted by atomic mass is 35.5. The molecule has 0 bridgehead atoms. The third-order valence-corrected chi connectivity index (χ3v) is 2.77. The number of benzene rings is 1. The zero-order chi connectivity index (χ0) is 12.8. The zero-order valence-electron chi connectivity index (χ0n) is 10.1. The summed E-state index contributed by atoms with van der Waals surface area (Å²) < 4.78 is 4.60. The molecule has 17 heavy (non-hydrogen) atoms. The van der Waals surface area contributed by atoms with Crippen molar-refractivity contribution in [2.24, 2.45) is 5.73 Å². The van der Waals surface area contributed by atoms with Crippen molar-refractivity contribution in [2.45, 2.75) is 13.1 Å². The molecule has 0 aliphatic carbocycles. The Kier molecular flexibility index (Phi) is 5.41. The number of halogens is 1. The number of likely N-dealkylation sites (N-methyl/N-ethyl adjacent to an activating group) is 1. The Hall–Kier alpha value is -1.10. The van der Waals surface area contributed by atoms with Crippen molar-refractivity contribution in [1.29, 1.82) is 0 Å². The van der Waals surface area contributed by atoms with Crippen molar-refractivity contribution >= 4 is 17.6 Å². The van der Waals surface area contributed by atoms with Crippen molar-refractivity contribution in [3.05, 3.63) is 34.3 Å². The van der Waals surface area contributed by atoms with Crippen LogP contribution in [0.1, 0.15) is 11.1 Å². The van der Waals surface area contributed by atoms with Crippen LogP contribution in [0.2, 0.25) is 5.02 Å². The quantitative estimate of drug-likeness (QED) is 0.810. The van der Waals surface area contributed by atoms with Gasteiger partial charge in [0.2, 0.25) is 0 Å². The van der Waals surface area contributed by atoms with Crippen LogP contribution in [-0.4, -0.2) is 31.6 Å². The van der Waals surface area contributed by atoms with Crippen molar-refractivity contribution < 1.29 is 9.53 Å². The molecule has 94 valence electrons. The minimum absolute atomic E-state index is 0.242. The van der Waals surface area contributed by atoms with Gasteiger partial charge in [0.05, 0.1) is 13.7 Å². The molecular formula is C12H17ClN2O2. The van der Waals surface area contributed by atoms with Crippen LogP contribution in [0.4, 0.5) is 0 Å². The molecule has 1 aromatic carbocycles. The summed E-state index contributed by atoms with van der Waals surface area (Å²) in [5.41, 5.74) is 7.49. The summed E-state index contributed by atoms with van der Waals surface area (Å²) in [7, 11) is 3.21. The maximum absolute atomic E-state index is 11.1. The maximum atomic E-state index is 11.1. The van der Waals surface area contributed by atoms with Crippen molar-refractivity contribution in [1.82, 2.24) is 4.90 Å². The first kappa shape index (κ1) is 14.0. The van der Waals surface area contributed by atoms with Gasteiger partial charge < -0.3 is 10.5 Å². The summed E-state index contributed by atoms with van der Waals surface area (Å²) in [5, 5.41) is 0.671. The molecular weight excluding hydrogens is 240 g/mol. The van der Waals surface area contributed by atoms with E-state index in [0.717, 1.165) is 11.1 Å². The SMILES string of the molecule is COC(=O)CN(C)Cc1ccc(CN)cc1Cl. The Morgan fingerprint density at radius 1 is 1.53 bits per heavy atom. The van der Waals surface area contributed by atoms with E-state index in [0.29, 0.717) is 18.1 Å². The number of carbonyl (C=O) groups is 1. The molecule has 0 saturated carbocycles. The van der Waals surface area contributed by atoms with E-state index in [4.69, 9.17) is 17.3 Å². The number of carbonyl (C=O) groups excluding carboxylic acids is 1. The number of nitrogens with two attached hydrogens (primary N) is 1. The van der Waals surface area contributed by atoms with Crippen LogP contribution < -0.4 is 5.73 Å². The van der Waals surface area contributed by atoms with E-state index in [1.165, 1.54) is 7.11 Å². The topological polar surface area (TPSA) is 55.6 Å². The molecule has 2 N–H and O–H groups in total. The van der Waals surface area contributed by atoms with Crippen molar-refractivity contribution in [3.8, 4) is 0 Å². The van der Waals surface area contributed by atoms with Gasteiger partial charge in [-0.25, -0.2) is 0 Å². The normalized spacial score (nSPS) is 10.6. The maximum Gasteiger partial charge on any atom is 0.319 e. The third-order valence-electron chi connectivity index (χ3n) is 2.42. The van der Waals surface area contributed by atoms with Crippen LogP contribution in [0.3, 0.4) is 0 Å². The largest absolute Gasteiger partial charge is 0.468 e. The van der Waals surface area contributed by atoms with Gasteiger partial charge >= 0.3 is 5.97 Å². The van der Waals surface area contributed by atoms with Crippen LogP contribution in [0.5, 0.6) is 0 Å². The summed E-state index contributed by atoms with van der Waals surface area (Å²) in [6, 6.07) is 5.72. The monoisotopic (exact) mass is 256 g/mol. The fourth-order valence-corrected chi connectivity index (χ4v) is 1.74. The molecule has 4 nitrogen and oxygen atoms in total. The number of hydrogen-bond acceptors (Lipinski definition) is 4. The summed E-state index contributed by atoms with van der Waals surface area (Å²) in [4.78, 5) is 12.9. The molecule has 0 heterocycles. The highest BCUT2D eigenvalue weighted by Gasteiger charge is 2.09. The van der Waals surface area contributed by atoms with Crippen LogP contribution in [0.25, 0.3) is 0 Å². The number of nitrogens with zero attached hydrogens (tertiary/aromatic N) is 1. The molecule has 5 heteroatoms. The Balaban J connectivity index is 2.65. The van der Waals surface area contributed by atoms with Crippen molar-refractivity contribution in [2.75, 3.05) is 20.7 Å². The minimum Gasteiger partial charge on any atom is -0.468 e. The lowest BCUT2D eigenvalue weighted by molar-refractivity contribution is -0.141.